The molecule has 2 N–H and O–H groups in total. The molecule has 0 aliphatic rings. The summed E-state index contributed by atoms with van der Waals surface area (Å²) in [6, 6.07) is 9.87. The molecule has 0 atom stereocenters. The van der Waals surface area contributed by atoms with E-state index in [1.165, 1.54) is 36.5 Å². The summed E-state index contributed by atoms with van der Waals surface area (Å²) in [5.41, 5.74) is 0.872. The van der Waals surface area contributed by atoms with Crippen LogP contribution in [0.4, 0.5) is 20.7 Å². The van der Waals surface area contributed by atoms with E-state index in [2.05, 4.69) is 15.6 Å². The van der Waals surface area contributed by atoms with Gasteiger partial charge in [0.25, 0.3) is 0 Å². The second-order valence-corrected chi connectivity index (χ2v) is 3.63. The highest BCUT2D eigenvalue weighted by atomic mass is 19.1. The van der Waals surface area contributed by atoms with Gasteiger partial charge in [-0.25, -0.2) is 14.2 Å². The standard InChI is InChI=1S/C13H9FN4O/c14-10-2-4-11(5-3-10)17-13(19)18-12-6-1-9(7-15)8-16-12/h1-6,8H,(H2,16,17,18,19). The van der Waals surface area contributed by atoms with Gasteiger partial charge in [0.1, 0.15) is 17.7 Å². The van der Waals surface area contributed by atoms with Crippen LogP contribution in [0.15, 0.2) is 42.6 Å². The lowest BCUT2D eigenvalue weighted by Crippen LogP contribution is -2.20. The van der Waals surface area contributed by atoms with Gasteiger partial charge in [-0.1, -0.05) is 0 Å². The van der Waals surface area contributed by atoms with Crippen LogP contribution in [0.5, 0.6) is 0 Å². The normalized spacial score (nSPS) is 9.47. The van der Waals surface area contributed by atoms with Gasteiger partial charge in [-0.05, 0) is 36.4 Å². The number of benzene rings is 1. The average Bonchev–Trinajstić information content (AvgIpc) is 2.42. The van der Waals surface area contributed by atoms with Crippen molar-refractivity contribution in [3.63, 3.8) is 0 Å². The predicted molar refractivity (Wildman–Crippen MR) is 68.0 cm³/mol. The highest BCUT2D eigenvalue weighted by molar-refractivity contribution is 5.99. The number of nitrogens with one attached hydrogen (secondary N) is 2. The SMILES string of the molecule is N#Cc1ccc(NC(=O)Nc2ccc(F)cc2)nc1. The smallest absolute Gasteiger partial charge is 0.308 e. The minimum Gasteiger partial charge on any atom is -0.308 e. The first-order valence-corrected chi connectivity index (χ1v) is 5.37. The lowest BCUT2D eigenvalue weighted by Gasteiger charge is -2.06. The molecule has 94 valence electrons. The molecular weight excluding hydrogens is 247 g/mol. The Morgan fingerprint density at radius 1 is 1.16 bits per heavy atom. The number of amides is 2. The Bertz CT molecular complexity index is 617. The quantitative estimate of drug-likeness (QED) is 0.867. The molecule has 1 heterocycles. The first-order chi connectivity index (χ1) is 9.17. The molecule has 2 aromatic rings. The maximum absolute atomic E-state index is 12.7. The first kappa shape index (κ1) is 12.5. The van der Waals surface area contributed by atoms with Crippen molar-refractivity contribution in [1.82, 2.24) is 4.98 Å². The Balaban J connectivity index is 1.97. The third kappa shape index (κ3) is 3.51. The molecule has 0 bridgehead atoms. The second kappa shape index (κ2) is 5.60. The number of carbonyl (C=O) groups excluding carboxylic acids is 1. The molecule has 0 saturated heterocycles. The minimum absolute atomic E-state index is 0.318. The van der Waals surface area contributed by atoms with E-state index >= 15 is 0 Å². The van der Waals surface area contributed by atoms with Crippen LogP contribution in [0, 0.1) is 17.1 Å². The third-order valence-corrected chi connectivity index (χ3v) is 2.24. The summed E-state index contributed by atoms with van der Waals surface area (Å²) in [7, 11) is 0. The number of nitrogens with zero attached hydrogens (tertiary/aromatic N) is 2. The van der Waals surface area contributed by atoms with Crippen LogP contribution < -0.4 is 10.6 Å². The molecular formula is C13H9FN4O. The Morgan fingerprint density at radius 2 is 1.89 bits per heavy atom. The van der Waals surface area contributed by atoms with Gasteiger partial charge in [-0.2, -0.15) is 5.26 Å². The molecule has 1 aromatic carbocycles. The van der Waals surface area contributed by atoms with E-state index in [0.717, 1.165) is 0 Å². The Labute approximate surface area is 108 Å². The predicted octanol–water partition coefficient (Wildman–Crippen LogP) is 2.74. The zero-order chi connectivity index (χ0) is 13.7. The summed E-state index contributed by atoms with van der Waals surface area (Å²) < 4.78 is 12.7. The number of halogens is 1. The van der Waals surface area contributed by atoms with E-state index in [-0.39, 0.29) is 5.82 Å². The zero-order valence-electron chi connectivity index (χ0n) is 9.72. The van der Waals surface area contributed by atoms with Crippen molar-refractivity contribution in [2.24, 2.45) is 0 Å². The summed E-state index contributed by atoms with van der Waals surface area (Å²) >= 11 is 0. The fraction of sp³-hybridized carbons (Fsp3) is 0. The van der Waals surface area contributed by atoms with E-state index < -0.39 is 6.03 Å². The van der Waals surface area contributed by atoms with Crippen LogP contribution in [0.3, 0.4) is 0 Å². The van der Waals surface area contributed by atoms with Crippen LogP contribution in [0.2, 0.25) is 0 Å². The van der Waals surface area contributed by atoms with Gasteiger partial charge in [-0.15, -0.1) is 0 Å². The van der Waals surface area contributed by atoms with Gasteiger partial charge in [0, 0.05) is 11.9 Å². The molecule has 1 aromatic heterocycles. The molecule has 19 heavy (non-hydrogen) atoms. The lowest BCUT2D eigenvalue weighted by molar-refractivity contribution is 0.262. The number of hydrogen-bond acceptors (Lipinski definition) is 3. The summed E-state index contributed by atoms with van der Waals surface area (Å²) in [4.78, 5) is 15.5. The molecule has 5 nitrogen and oxygen atoms in total. The summed E-state index contributed by atoms with van der Waals surface area (Å²) in [6.07, 6.45) is 1.35. The molecule has 6 heteroatoms. The van der Waals surface area contributed by atoms with Crippen molar-refractivity contribution in [1.29, 1.82) is 5.26 Å². The fourth-order valence-electron chi connectivity index (χ4n) is 1.35. The van der Waals surface area contributed by atoms with Gasteiger partial charge >= 0.3 is 6.03 Å². The average molecular weight is 256 g/mol. The molecule has 0 spiro atoms. The number of pyridine rings is 1. The number of anilines is 2. The Kier molecular flexibility index (Phi) is 3.69. The number of aromatic nitrogens is 1. The Morgan fingerprint density at radius 3 is 2.47 bits per heavy atom. The minimum atomic E-state index is -0.496. The second-order valence-electron chi connectivity index (χ2n) is 3.63. The molecule has 0 fully saturated rings. The van der Waals surface area contributed by atoms with Crippen LogP contribution in [-0.2, 0) is 0 Å². The number of urea groups is 1. The van der Waals surface area contributed by atoms with Crippen LogP contribution >= 0.6 is 0 Å². The molecule has 0 unspecified atom stereocenters. The van der Waals surface area contributed by atoms with Gasteiger partial charge in [-0.3, -0.25) is 5.32 Å². The number of nitriles is 1. The van der Waals surface area contributed by atoms with Crippen molar-refractivity contribution < 1.29 is 9.18 Å². The number of hydrogen-bond donors (Lipinski definition) is 2. The third-order valence-electron chi connectivity index (χ3n) is 2.24. The largest absolute Gasteiger partial charge is 0.324 e. The van der Waals surface area contributed by atoms with Crippen molar-refractivity contribution in [2.45, 2.75) is 0 Å². The van der Waals surface area contributed by atoms with Crippen LogP contribution in [0.25, 0.3) is 0 Å². The maximum atomic E-state index is 12.7. The summed E-state index contributed by atoms with van der Waals surface area (Å²) in [5, 5.41) is 13.6. The van der Waals surface area contributed by atoms with E-state index in [1.54, 1.807) is 6.07 Å². The molecule has 0 radical (unpaired) electrons. The Hall–Kier alpha value is -2.94. The number of carbonyl (C=O) groups is 1. The highest BCUT2D eigenvalue weighted by Crippen LogP contribution is 2.09. The topological polar surface area (TPSA) is 77.8 Å². The molecule has 2 rings (SSSR count). The van der Waals surface area contributed by atoms with E-state index in [4.69, 9.17) is 5.26 Å². The van der Waals surface area contributed by atoms with Gasteiger partial charge in [0.05, 0.1) is 5.56 Å². The summed E-state index contributed by atoms with van der Waals surface area (Å²) in [5.74, 6) is -0.0571. The molecule has 2 amide bonds. The van der Waals surface area contributed by atoms with E-state index in [1.807, 2.05) is 6.07 Å². The summed E-state index contributed by atoms with van der Waals surface area (Å²) in [6.45, 7) is 0. The van der Waals surface area contributed by atoms with E-state index in [0.29, 0.717) is 17.1 Å². The lowest BCUT2D eigenvalue weighted by atomic mass is 10.3. The maximum Gasteiger partial charge on any atom is 0.324 e. The number of rotatable bonds is 2. The van der Waals surface area contributed by atoms with Crippen molar-refractivity contribution in [3.05, 3.63) is 54.0 Å². The van der Waals surface area contributed by atoms with Crippen molar-refractivity contribution in [2.75, 3.05) is 10.6 Å². The van der Waals surface area contributed by atoms with Crippen molar-refractivity contribution >= 4 is 17.5 Å². The van der Waals surface area contributed by atoms with E-state index in [9.17, 15) is 9.18 Å². The van der Waals surface area contributed by atoms with Gasteiger partial charge in [0.15, 0.2) is 0 Å². The molecule has 0 aliphatic carbocycles. The zero-order valence-corrected chi connectivity index (χ0v) is 9.72. The van der Waals surface area contributed by atoms with Crippen molar-refractivity contribution in [3.8, 4) is 6.07 Å². The van der Waals surface area contributed by atoms with Gasteiger partial charge < -0.3 is 5.32 Å². The van der Waals surface area contributed by atoms with Crippen LogP contribution in [0.1, 0.15) is 5.56 Å². The molecule has 0 aliphatic heterocycles. The van der Waals surface area contributed by atoms with Crippen LogP contribution in [-0.4, -0.2) is 11.0 Å². The molecule has 0 saturated carbocycles. The first-order valence-electron chi connectivity index (χ1n) is 5.37. The van der Waals surface area contributed by atoms with Gasteiger partial charge in [0.2, 0.25) is 0 Å². The fourth-order valence-corrected chi connectivity index (χ4v) is 1.35. The monoisotopic (exact) mass is 256 g/mol. The highest BCUT2D eigenvalue weighted by Gasteiger charge is 2.03.